The minimum Gasteiger partial charge on any atom is -0.394 e. The van der Waals surface area contributed by atoms with Crippen molar-refractivity contribution in [1.29, 1.82) is 0 Å². The van der Waals surface area contributed by atoms with Crippen molar-refractivity contribution in [1.82, 2.24) is 20.6 Å². The number of nitrogens with zero attached hydrogens (tertiary/aromatic N) is 2. The van der Waals surface area contributed by atoms with Crippen molar-refractivity contribution in [3.05, 3.63) is 169 Å². The average molecular weight is 667 g/mol. The fourth-order valence-corrected chi connectivity index (χ4v) is 5.07. The van der Waals surface area contributed by atoms with Gasteiger partial charge in [0.25, 0.3) is 0 Å². The SMILES string of the molecule is O=C(Nc1ccc(-c2ccncc2)cc1)N[C@H](CO)c1ccccc1.O=C(Nc1ccc(-c2ccncc2)cc1)N[C@H](CO)c1ccccc1. The van der Waals surface area contributed by atoms with Crippen LogP contribution >= 0.6 is 0 Å². The first-order valence-corrected chi connectivity index (χ1v) is 16.0. The van der Waals surface area contributed by atoms with Crippen LogP contribution in [0.5, 0.6) is 0 Å². The number of aliphatic hydroxyl groups excluding tert-OH is 2. The van der Waals surface area contributed by atoms with Gasteiger partial charge >= 0.3 is 12.1 Å². The second-order valence-corrected chi connectivity index (χ2v) is 11.1. The molecule has 6 rings (SSSR count). The van der Waals surface area contributed by atoms with E-state index in [-0.39, 0.29) is 25.3 Å². The monoisotopic (exact) mass is 666 g/mol. The summed E-state index contributed by atoms with van der Waals surface area (Å²) >= 11 is 0. The molecule has 2 heterocycles. The zero-order valence-corrected chi connectivity index (χ0v) is 27.2. The van der Waals surface area contributed by atoms with Crippen molar-refractivity contribution in [2.45, 2.75) is 12.1 Å². The Bertz CT molecular complexity index is 1750. The molecule has 0 aliphatic rings. The molecule has 4 amide bonds. The van der Waals surface area contributed by atoms with Gasteiger partial charge in [-0.3, -0.25) is 9.97 Å². The maximum absolute atomic E-state index is 12.2. The number of anilines is 2. The minimum absolute atomic E-state index is 0.168. The summed E-state index contributed by atoms with van der Waals surface area (Å²) in [6.45, 7) is -0.336. The second kappa shape index (κ2) is 18.3. The van der Waals surface area contributed by atoms with Gasteiger partial charge in [0.05, 0.1) is 25.3 Å². The molecule has 6 aromatic rings. The number of hydrogen-bond acceptors (Lipinski definition) is 6. The fourth-order valence-electron chi connectivity index (χ4n) is 5.07. The molecule has 6 N–H and O–H groups in total. The van der Waals surface area contributed by atoms with E-state index in [1.54, 1.807) is 24.8 Å². The van der Waals surface area contributed by atoms with Crippen LogP contribution in [0.1, 0.15) is 23.2 Å². The third-order valence-corrected chi connectivity index (χ3v) is 7.69. The van der Waals surface area contributed by atoms with Crippen LogP contribution in [0, 0.1) is 0 Å². The lowest BCUT2D eigenvalue weighted by Crippen LogP contribution is -2.34. The maximum Gasteiger partial charge on any atom is 0.319 e. The van der Waals surface area contributed by atoms with Crippen LogP contribution in [0.3, 0.4) is 0 Å². The van der Waals surface area contributed by atoms with Crippen molar-refractivity contribution in [2.24, 2.45) is 0 Å². The lowest BCUT2D eigenvalue weighted by Gasteiger charge is -2.17. The van der Waals surface area contributed by atoms with Crippen molar-refractivity contribution >= 4 is 23.4 Å². The average Bonchev–Trinajstić information content (AvgIpc) is 3.18. The first kappa shape index (κ1) is 35.0. The largest absolute Gasteiger partial charge is 0.394 e. The molecule has 0 fully saturated rings. The molecule has 2 aromatic heterocycles. The van der Waals surface area contributed by atoms with Gasteiger partial charge in [0.15, 0.2) is 0 Å². The summed E-state index contributed by atoms with van der Waals surface area (Å²) in [7, 11) is 0. The summed E-state index contributed by atoms with van der Waals surface area (Å²) in [5.74, 6) is 0. The summed E-state index contributed by atoms with van der Waals surface area (Å²) in [4.78, 5) is 32.3. The standard InChI is InChI=1S/2C20H19N3O2/c2*24-14-19(17-4-2-1-3-5-17)23-20(25)22-18-8-6-15(7-9-18)16-10-12-21-13-11-16/h2*1-13,19,24H,14H2,(H2,22,23,25)/t2*19-/m11/s1. The number of carbonyl (C=O) groups excluding carboxylic acids is 2. The number of benzene rings is 4. The van der Waals surface area contributed by atoms with E-state index in [2.05, 4.69) is 31.2 Å². The topological polar surface area (TPSA) is 148 Å². The molecule has 0 spiro atoms. The third kappa shape index (κ3) is 10.3. The van der Waals surface area contributed by atoms with Gasteiger partial charge in [-0.15, -0.1) is 0 Å². The highest BCUT2D eigenvalue weighted by atomic mass is 16.3. The van der Waals surface area contributed by atoms with E-state index in [4.69, 9.17) is 0 Å². The fraction of sp³-hybridized carbons (Fsp3) is 0.100. The zero-order chi connectivity index (χ0) is 35.0. The van der Waals surface area contributed by atoms with Gasteiger partial charge in [-0.2, -0.15) is 0 Å². The molecule has 0 radical (unpaired) electrons. The number of carbonyl (C=O) groups is 2. The quantitative estimate of drug-likeness (QED) is 0.0911. The summed E-state index contributed by atoms with van der Waals surface area (Å²) in [6, 6.07) is 39.9. The Labute approximate surface area is 290 Å². The van der Waals surface area contributed by atoms with E-state index in [0.29, 0.717) is 11.4 Å². The maximum atomic E-state index is 12.2. The van der Waals surface area contributed by atoms with Crippen molar-refractivity contribution in [3.63, 3.8) is 0 Å². The highest BCUT2D eigenvalue weighted by molar-refractivity contribution is 5.90. The van der Waals surface area contributed by atoms with E-state index in [1.807, 2.05) is 133 Å². The Morgan fingerprint density at radius 1 is 0.460 bits per heavy atom. The predicted molar refractivity (Wildman–Crippen MR) is 196 cm³/mol. The Hall–Kier alpha value is -6.36. The number of nitrogens with one attached hydrogen (secondary N) is 4. The molecule has 0 saturated heterocycles. The molecule has 10 nitrogen and oxygen atoms in total. The molecule has 0 unspecified atom stereocenters. The highest BCUT2D eigenvalue weighted by Gasteiger charge is 2.14. The molecule has 50 heavy (non-hydrogen) atoms. The van der Waals surface area contributed by atoms with E-state index in [9.17, 15) is 19.8 Å². The number of aliphatic hydroxyl groups is 2. The van der Waals surface area contributed by atoms with Crippen molar-refractivity contribution < 1.29 is 19.8 Å². The summed E-state index contributed by atoms with van der Waals surface area (Å²) in [5, 5.41) is 30.1. The highest BCUT2D eigenvalue weighted by Crippen LogP contribution is 2.22. The van der Waals surface area contributed by atoms with Crippen LogP contribution in [-0.2, 0) is 0 Å². The Kier molecular flexibility index (Phi) is 12.8. The summed E-state index contributed by atoms with van der Waals surface area (Å²) in [5.41, 5.74) is 7.30. The van der Waals surface area contributed by atoms with Gasteiger partial charge in [0.1, 0.15) is 0 Å². The van der Waals surface area contributed by atoms with Crippen LogP contribution in [0.25, 0.3) is 22.3 Å². The number of rotatable bonds is 10. The number of pyridine rings is 2. The Balaban J connectivity index is 0.000000194. The van der Waals surface area contributed by atoms with Crippen LogP contribution < -0.4 is 21.3 Å². The lowest BCUT2D eigenvalue weighted by molar-refractivity contribution is 0.225. The van der Waals surface area contributed by atoms with E-state index in [1.165, 1.54) is 0 Å². The number of amides is 4. The van der Waals surface area contributed by atoms with Crippen LogP contribution in [0.2, 0.25) is 0 Å². The van der Waals surface area contributed by atoms with E-state index >= 15 is 0 Å². The minimum atomic E-state index is -0.447. The molecule has 0 bridgehead atoms. The lowest BCUT2D eigenvalue weighted by atomic mass is 10.1. The van der Waals surface area contributed by atoms with Gasteiger partial charge in [-0.05, 0) is 81.9 Å². The smallest absolute Gasteiger partial charge is 0.319 e. The third-order valence-electron chi connectivity index (χ3n) is 7.69. The molecule has 0 saturated carbocycles. The van der Waals surface area contributed by atoms with Gasteiger partial charge in [0.2, 0.25) is 0 Å². The first-order valence-electron chi connectivity index (χ1n) is 16.0. The molecule has 0 aliphatic carbocycles. The Morgan fingerprint density at radius 3 is 1.10 bits per heavy atom. The van der Waals surface area contributed by atoms with Crippen LogP contribution in [-0.4, -0.2) is 45.5 Å². The van der Waals surface area contributed by atoms with Gasteiger partial charge in [-0.1, -0.05) is 84.9 Å². The van der Waals surface area contributed by atoms with Crippen molar-refractivity contribution in [2.75, 3.05) is 23.8 Å². The zero-order valence-electron chi connectivity index (χ0n) is 27.2. The van der Waals surface area contributed by atoms with E-state index < -0.39 is 12.1 Å². The molecular formula is C40H38N6O4. The Morgan fingerprint density at radius 2 is 0.780 bits per heavy atom. The second-order valence-electron chi connectivity index (χ2n) is 11.1. The molecular weight excluding hydrogens is 628 g/mol. The molecule has 252 valence electrons. The molecule has 0 aliphatic heterocycles. The van der Waals surface area contributed by atoms with Crippen LogP contribution in [0.15, 0.2) is 158 Å². The van der Waals surface area contributed by atoms with Crippen molar-refractivity contribution in [3.8, 4) is 22.3 Å². The summed E-state index contributed by atoms with van der Waals surface area (Å²) < 4.78 is 0. The number of urea groups is 2. The number of hydrogen-bond donors (Lipinski definition) is 6. The normalized spacial score (nSPS) is 11.6. The molecule has 2 atom stereocenters. The van der Waals surface area contributed by atoms with Crippen LogP contribution in [0.4, 0.5) is 21.0 Å². The van der Waals surface area contributed by atoms with Gasteiger partial charge < -0.3 is 31.5 Å². The molecule has 10 heteroatoms. The first-order chi connectivity index (χ1) is 24.5. The van der Waals surface area contributed by atoms with Gasteiger partial charge in [-0.25, -0.2) is 9.59 Å². The van der Waals surface area contributed by atoms with Gasteiger partial charge in [0, 0.05) is 36.2 Å². The predicted octanol–water partition coefficient (Wildman–Crippen LogP) is 7.21. The summed E-state index contributed by atoms with van der Waals surface area (Å²) in [6.07, 6.45) is 6.97. The molecule has 4 aromatic carbocycles. The number of aromatic nitrogens is 2. The van der Waals surface area contributed by atoms with E-state index in [0.717, 1.165) is 33.4 Å².